The Kier molecular flexibility index (Phi) is 4.48. The predicted octanol–water partition coefficient (Wildman–Crippen LogP) is 2.71. The lowest BCUT2D eigenvalue weighted by molar-refractivity contribution is 0.0486. The second-order valence-corrected chi connectivity index (χ2v) is 5.33. The van der Waals surface area contributed by atoms with Crippen molar-refractivity contribution in [3.8, 4) is 0 Å². The molecule has 1 saturated heterocycles. The molecule has 0 unspecified atom stereocenters. The van der Waals surface area contributed by atoms with E-state index in [9.17, 15) is 14.0 Å². The van der Waals surface area contributed by atoms with Crippen LogP contribution < -0.4 is 0 Å². The molecule has 2 aromatic rings. The number of nitrogens with zero attached hydrogens (tertiary/aromatic N) is 1. The number of rotatable bonds is 3. The van der Waals surface area contributed by atoms with Crippen molar-refractivity contribution in [2.24, 2.45) is 0 Å². The van der Waals surface area contributed by atoms with Gasteiger partial charge in [-0.05, 0) is 24.3 Å². The molecule has 1 aliphatic heterocycles. The maximum absolute atomic E-state index is 14.1. The van der Waals surface area contributed by atoms with Crippen molar-refractivity contribution in [2.75, 3.05) is 13.2 Å². The Balaban J connectivity index is 1.97. The number of hydrogen-bond donors (Lipinski definition) is 0. The SMILES string of the molecule is O=C(c1ccccc1)N(C(=O)c1ccccc1)[C@@H]1COC[C@@H]1F. The molecular weight excluding hydrogens is 297 g/mol. The standard InChI is InChI=1S/C18H16FNO3/c19-15-11-23-12-16(15)20(17(21)13-7-3-1-4-8-13)18(22)14-9-5-2-6-10-14/h1-10,15-16H,11-12H2/t15-,16+/m0/s1. The third kappa shape index (κ3) is 3.14. The minimum atomic E-state index is -1.38. The second kappa shape index (κ2) is 6.71. The smallest absolute Gasteiger partial charge is 0.261 e. The van der Waals surface area contributed by atoms with Gasteiger partial charge < -0.3 is 4.74 Å². The number of ether oxygens (including phenoxy) is 1. The maximum Gasteiger partial charge on any atom is 0.261 e. The van der Waals surface area contributed by atoms with Crippen LogP contribution in [0.3, 0.4) is 0 Å². The largest absolute Gasteiger partial charge is 0.376 e. The first-order valence-electron chi connectivity index (χ1n) is 7.38. The van der Waals surface area contributed by atoms with Gasteiger partial charge in [0.2, 0.25) is 0 Å². The molecule has 23 heavy (non-hydrogen) atoms. The highest BCUT2D eigenvalue weighted by Crippen LogP contribution is 2.21. The van der Waals surface area contributed by atoms with Gasteiger partial charge in [0.15, 0.2) is 0 Å². The minimum absolute atomic E-state index is 0.0122. The van der Waals surface area contributed by atoms with Crippen molar-refractivity contribution in [3.63, 3.8) is 0 Å². The fourth-order valence-electron chi connectivity index (χ4n) is 2.59. The Morgan fingerprint density at radius 2 is 1.35 bits per heavy atom. The van der Waals surface area contributed by atoms with E-state index < -0.39 is 24.0 Å². The normalized spacial score (nSPS) is 20.2. The van der Waals surface area contributed by atoms with E-state index in [-0.39, 0.29) is 13.2 Å². The fourth-order valence-corrected chi connectivity index (χ4v) is 2.59. The molecule has 0 spiro atoms. The van der Waals surface area contributed by atoms with Gasteiger partial charge in [0.05, 0.1) is 19.3 Å². The Morgan fingerprint density at radius 3 is 1.74 bits per heavy atom. The van der Waals surface area contributed by atoms with Gasteiger partial charge in [0.1, 0.15) is 6.17 Å². The first-order valence-corrected chi connectivity index (χ1v) is 7.38. The van der Waals surface area contributed by atoms with Crippen molar-refractivity contribution < 1.29 is 18.7 Å². The van der Waals surface area contributed by atoms with Crippen LogP contribution in [0.2, 0.25) is 0 Å². The number of imide groups is 1. The van der Waals surface area contributed by atoms with E-state index in [2.05, 4.69) is 0 Å². The lowest BCUT2D eigenvalue weighted by Gasteiger charge is -2.27. The average Bonchev–Trinajstić information content (AvgIpc) is 3.02. The molecule has 0 N–H and O–H groups in total. The molecule has 4 nitrogen and oxygen atoms in total. The third-order valence-electron chi connectivity index (χ3n) is 3.79. The monoisotopic (exact) mass is 313 g/mol. The summed E-state index contributed by atoms with van der Waals surface area (Å²) in [5.74, 6) is -1.03. The summed E-state index contributed by atoms with van der Waals surface area (Å²) in [7, 11) is 0. The first kappa shape index (κ1) is 15.4. The molecule has 1 heterocycles. The van der Waals surface area contributed by atoms with E-state index in [0.717, 1.165) is 4.90 Å². The molecule has 118 valence electrons. The van der Waals surface area contributed by atoms with E-state index in [4.69, 9.17) is 4.74 Å². The van der Waals surface area contributed by atoms with E-state index in [1.807, 2.05) is 0 Å². The number of carbonyl (C=O) groups is 2. The Hall–Kier alpha value is -2.53. The van der Waals surface area contributed by atoms with Crippen LogP contribution in [0.15, 0.2) is 60.7 Å². The van der Waals surface area contributed by atoms with Crippen molar-refractivity contribution in [1.29, 1.82) is 0 Å². The summed E-state index contributed by atoms with van der Waals surface area (Å²) in [4.78, 5) is 26.5. The molecule has 0 aliphatic carbocycles. The zero-order valence-electron chi connectivity index (χ0n) is 12.4. The van der Waals surface area contributed by atoms with Crippen LogP contribution in [0.25, 0.3) is 0 Å². The van der Waals surface area contributed by atoms with Crippen molar-refractivity contribution >= 4 is 11.8 Å². The molecule has 0 radical (unpaired) electrons. The highest BCUT2D eigenvalue weighted by atomic mass is 19.1. The summed E-state index contributed by atoms with van der Waals surface area (Å²) in [5.41, 5.74) is 0.687. The molecule has 1 aliphatic rings. The number of amides is 2. The van der Waals surface area contributed by atoms with Gasteiger partial charge in [-0.1, -0.05) is 36.4 Å². The van der Waals surface area contributed by atoms with Crippen LogP contribution in [0.5, 0.6) is 0 Å². The van der Waals surface area contributed by atoms with Gasteiger partial charge in [0.25, 0.3) is 11.8 Å². The van der Waals surface area contributed by atoms with Crippen LogP contribution >= 0.6 is 0 Å². The van der Waals surface area contributed by atoms with Gasteiger partial charge in [-0.15, -0.1) is 0 Å². The van der Waals surface area contributed by atoms with Gasteiger partial charge in [-0.25, -0.2) is 4.39 Å². The highest BCUT2D eigenvalue weighted by molar-refractivity contribution is 6.10. The van der Waals surface area contributed by atoms with E-state index in [1.165, 1.54) is 0 Å². The zero-order valence-corrected chi connectivity index (χ0v) is 12.4. The van der Waals surface area contributed by atoms with E-state index in [1.54, 1.807) is 60.7 Å². The van der Waals surface area contributed by atoms with Crippen molar-refractivity contribution in [1.82, 2.24) is 4.90 Å². The highest BCUT2D eigenvalue weighted by Gasteiger charge is 2.40. The fraction of sp³-hybridized carbons (Fsp3) is 0.222. The Labute approximate surface area is 133 Å². The van der Waals surface area contributed by atoms with Gasteiger partial charge in [0, 0.05) is 11.1 Å². The van der Waals surface area contributed by atoms with Crippen LogP contribution in [0.4, 0.5) is 4.39 Å². The average molecular weight is 313 g/mol. The number of halogens is 1. The minimum Gasteiger partial charge on any atom is -0.376 e. The van der Waals surface area contributed by atoms with E-state index >= 15 is 0 Å². The Bertz CT molecular complexity index is 638. The maximum atomic E-state index is 14.1. The lowest BCUT2D eigenvalue weighted by Crippen LogP contribution is -2.49. The summed E-state index contributed by atoms with van der Waals surface area (Å²) in [6.07, 6.45) is -1.38. The Morgan fingerprint density at radius 1 is 0.870 bits per heavy atom. The summed E-state index contributed by atoms with van der Waals surface area (Å²) in [6, 6.07) is 15.9. The second-order valence-electron chi connectivity index (χ2n) is 5.33. The predicted molar refractivity (Wildman–Crippen MR) is 82.9 cm³/mol. The van der Waals surface area contributed by atoms with Gasteiger partial charge >= 0.3 is 0 Å². The molecule has 0 aromatic heterocycles. The molecule has 2 amide bonds. The molecule has 5 heteroatoms. The molecule has 1 fully saturated rings. The number of alkyl halides is 1. The van der Waals surface area contributed by atoms with Gasteiger partial charge in [-0.3, -0.25) is 14.5 Å². The quantitative estimate of drug-likeness (QED) is 0.819. The van der Waals surface area contributed by atoms with Gasteiger partial charge in [-0.2, -0.15) is 0 Å². The molecule has 0 bridgehead atoms. The summed E-state index contributed by atoms with van der Waals surface area (Å²) in [5, 5.41) is 0. The number of benzene rings is 2. The van der Waals surface area contributed by atoms with Crippen LogP contribution in [-0.2, 0) is 4.74 Å². The molecule has 2 aromatic carbocycles. The van der Waals surface area contributed by atoms with Crippen molar-refractivity contribution in [3.05, 3.63) is 71.8 Å². The summed E-state index contributed by atoms with van der Waals surface area (Å²) < 4.78 is 19.2. The number of hydrogen-bond acceptors (Lipinski definition) is 3. The molecule has 2 atom stereocenters. The third-order valence-corrected chi connectivity index (χ3v) is 3.79. The van der Waals surface area contributed by atoms with Crippen LogP contribution in [-0.4, -0.2) is 42.1 Å². The molecule has 3 rings (SSSR count). The van der Waals surface area contributed by atoms with Crippen LogP contribution in [0.1, 0.15) is 20.7 Å². The van der Waals surface area contributed by atoms with Crippen molar-refractivity contribution in [2.45, 2.75) is 12.2 Å². The molecule has 0 saturated carbocycles. The first-order chi connectivity index (χ1) is 11.2. The number of carbonyl (C=O) groups excluding carboxylic acids is 2. The summed E-state index contributed by atoms with van der Waals surface area (Å²) >= 11 is 0. The summed E-state index contributed by atoms with van der Waals surface area (Å²) in [6.45, 7) is -0.0936. The van der Waals surface area contributed by atoms with Crippen LogP contribution in [0, 0.1) is 0 Å². The molecular formula is C18H16FNO3. The van der Waals surface area contributed by atoms with E-state index in [0.29, 0.717) is 11.1 Å². The lowest BCUT2D eigenvalue weighted by atomic mass is 10.1. The zero-order chi connectivity index (χ0) is 16.2. The topological polar surface area (TPSA) is 46.6 Å².